The van der Waals surface area contributed by atoms with Crippen LogP contribution in [-0.4, -0.2) is 31.0 Å². The maximum Gasteiger partial charge on any atom is 0.243 e. The molecule has 6 heteroatoms. The zero-order valence-corrected chi connectivity index (χ0v) is 14.3. The highest BCUT2D eigenvalue weighted by Crippen LogP contribution is 2.23. The Bertz CT molecular complexity index is 827. The van der Waals surface area contributed by atoms with Crippen molar-refractivity contribution in [2.75, 3.05) is 13.2 Å². The normalized spacial score (nSPS) is 11.4. The van der Waals surface area contributed by atoms with Crippen molar-refractivity contribution in [1.82, 2.24) is 4.31 Å². The largest absolute Gasteiger partial charge is 0.396 e. The predicted octanol–water partition coefficient (Wildman–Crippen LogP) is 2.44. The van der Waals surface area contributed by atoms with Crippen molar-refractivity contribution >= 4 is 10.0 Å². The van der Waals surface area contributed by atoms with Crippen molar-refractivity contribution in [3.63, 3.8) is 0 Å². The van der Waals surface area contributed by atoms with Gasteiger partial charge in [-0.05, 0) is 42.7 Å². The first-order valence-electron chi connectivity index (χ1n) is 7.64. The van der Waals surface area contributed by atoms with Crippen LogP contribution in [0.5, 0.6) is 0 Å². The Morgan fingerprint density at radius 3 is 2.46 bits per heavy atom. The van der Waals surface area contributed by atoms with Crippen LogP contribution in [0.2, 0.25) is 0 Å². The van der Waals surface area contributed by atoms with Gasteiger partial charge in [-0.2, -0.15) is 9.57 Å². The third-order valence-corrected chi connectivity index (χ3v) is 5.69. The lowest BCUT2D eigenvalue weighted by atomic mass is 10.2. The van der Waals surface area contributed by atoms with E-state index in [4.69, 9.17) is 10.4 Å². The summed E-state index contributed by atoms with van der Waals surface area (Å²) in [6, 6.07) is 15.9. The number of hydrogen-bond donors (Lipinski definition) is 1. The quantitative estimate of drug-likeness (QED) is 0.836. The molecule has 0 aliphatic rings. The van der Waals surface area contributed by atoms with Gasteiger partial charge in [0, 0.05) is 19.7 Å². The lowest BCUT2D eigenvalue weighted by Crippen LogP contribution is -2.32. The van der Waals surface area contributed by atoms with Crippen molar-refractivity contribution in [2.45, 2.75) is 24.8 Å². The van der Waals surface area contributed by atoms with Crippen LogP contribution in [0.15, 0.2) is 53.4 Å². The first kappa shape index (κ1) is 18.1. The molecule has 0 aliphatic heterocycles. The minimum atomic E-state index is -3.71. The predicted molar refractivity (Wildman–Crippen MR) is 91.6 cm³/mol. The molecule has 0 bridgehead atoms. The average Bonchev–Trinajstić information content (AvgIpc) is 2.58. The van der Waals surface area contributed by atoms with Gasteiger partial charge in [0.25, 0.3) is 0 Å². The summed E-state index contributed by atoms with van der Waals surface area (Å²) < 4.78 is 27.4. The van der Waals surface area contributed by atoms with Crippen LogP contribution >= 0.6 is 0 Å². The smallest absolute Gasteiger partial charge is 0.243 e. The van der Waals surface area contributed by atoms with Crippen LogP contribution in [-0.2, 0) is 16.6 Å². The van der Waals surface area contributed by atoms with Crippen molar-refractivity contribution in [2.24, 2.45) is 0 Å². The Morgan fingerprint density at radius 2 is 1.88 bits per heavy atom. The van der Waals surface area contributed by atoms with Gasteiger partial charge in [-0.25, -0.2) is 8.42 Å². The zero-order chi connectivity index (χ0) is 17.6. The highest BCUT2D eigenvalue weighted by molar-refractivity contribution is 7.89. The molecule has 126 valence electrons. The summed E-state index contributed by atoms with van der Waals surface area (Å²) in [5.74, 6) is 0. The molecule has 0 aliphatic carbocycles. The van der Waals surface area contributed by atoms with E-state index < -0.39 is 10.0 Å². The van der Waals surface area contributed by atoms with Gasteiger partial charge in [-0.3, -0.25) is 0 Å². The van der Waals surface area contributed by atoms with Crippen molar-refractivity contribution < 1.29 is 13.5 Å². The van der Waals surface area contributed by atoms with E-state index in [-0.39, 0.29) is 24.6 Å². The molecule has 24 heavy (non-hydrogen) atoms. The van der Waals surface area contributed by atoms with E-state index in [0.29, 0.717) is 17.5 Å². The average molecular weight is 344 g/mol. The molecule has 1 N–H and O–H groups in total. The monoisotopic (exact) mass is 344 g/mol. The molecule has 0 unspecified atom stereocenters. The van der Waals surface area contributed by atoms with E-state index in [1.54, 1.807) is 13.0 Å². The number of aryl methyl sites for hydroxylation is 1. The second-order valence-electron chi connectivity index (χ2n) is 5.49. The first-order valence-corrected chi connectivity index (χ1v) is 9.08. The number of sulfonamides is 1. The molecular formula is C18H20N2O3S. The van der Waals surface area contributed by atoms with Gasteiger partial charge in [-0.1, -0.05) is 30.3 Å². The summed E-state index contributed by atoms with van der Waals surface area (Å²) >= 11 is 0. The molecule has 2 rings (SSSR count). The number of rotatable bonds is 7. The highest BCUT2D eigenvalue weighted by atomic mass is 32.2. The molecule has 2 aromatic rings. The minimum absolute atomic E-state index is 0.0762. The fourth-order valence-corrected chi connectivity index (χ4v) is 4.14. The molecule has 5 nitrogen and oxygen atoms in total. The van der Waals surface area contributed by atoms with Crippen molar-refractivity contribution in [3.8, 4) is 6.07 Å². The topological polar surface area (TPSA) is 81.4 Å². The van der Waals surface area contributed by atoms with Crippen LogP contribution in [0, 0.1) is 18.3 Å². The Balaban J connectivity index is 2.38. The maximum atomic E-state index is 13.0. The van der Waals surface area contributed by atoms with Gasteiger partial charge in [-0.15, -0.1) is 0 Å². The van der Waals surface area contributed by atoms with Crippen LogP contribution in [0.1, 0.15) is 23.1 Å². The lowest BCUT2D eigenvalue weighted by molar-refractivity contribution is 0.267. The molecule has 0 atom stereocenters. The number of benzene rings is 2. The Hall–Kier alpha value is -2.20. The first-order chi connectivity index (χ1) is 11.5. The minimum Gasteiger partial charge on any atom is -0.396 e. The molecule has 0 amide bonds. The van der Waals surface area contributed by atoms with E-state index in [9.17, 15) is 8.42 Å². The number of hydrogen-bond acceptors (Lipinski definition) is 4. The van der Waals surface area contributed by atoms with Crippen LogP contribution in [0.4, 0.5) is 0 Å². The fraction of sp³-hybridized carbons (Fsp3) is 0.278. The molecule has 0 aromatic heterocycles. The van der Waals surface area contributed by atoms with E-state index >= 15 is 0 Å². The summed E-state index contributed by atoms with van der Waals surface area (Å²) in [4.78, 5) is 0.190. The molecule has 0 spiro atoms. The van der Waals surface area contributed by atoms with Gasteiger partial charge in [0.2, 0.25) is 10.0 Å². The number of aliphatic hydroxyl groups is 1. The summed E-state index contributed by atoms with van der Waals surface area (Å²) in [5.41, 5.74) is 1.85. The van der Waals surface area contributed by atoms with E-state index in [2.05, 4.69) is 0 Å². The van der Waals surface area contributed by atoms with Crippen LogP contribution in [0.3, 0.4) is 0 Å². The van der Waals surface area contributed by atoms with E-state index in [1.165, 1.54) is 16.4 Å². The van der Waals surface area contributed by atoms with Crippen molar-refractivity contribution in [3.05, 3.63) is 65.2 Å². The number of nitrogens with zero attached hydrogens (tertiary/aromatic N) is 2. The lowest BCUT2D eigenvalue weighted by Gasteiger charge is -2.23. The number of aliphatic hydroxyl groups excluding tert-OH is 1. The zero-order valence-electron chi connectivity index (χ0n) is 13.5. The van der Waals surface area contributed by atoms with E-state index in [0.717, 1.165) is 5.56 Å². The summed E-state index contributed by atoms with van der Waals surface area (Å²) in [6.45, 7) is 2.07. The molecule has 0 fully saturated rings. The van der Waals surface area contributed by atoms with Gasteiger partial charge >= 0.3 is 0 Å². The Kier molecular flexibility index (Phi) is 6.10. The molecule has 2 aromatic carbocycles. The molecular weight excluding hydrogens is 324 g/mol. The Morgan fingerprint density at radius 1 is 1.17 bits per heavy atom. The summed E-state index contributed by atoms with van der Waals surface area (Å²) in [6.07, 6.45) is 0.362. The molecule has 0 heterocycles. The third-order valence-electron chi connectivity index (χ3n) is 3.69. The third kappa shape index (κ3) is 4.20. The van der Waals surface area contributed by atoms with Gasteiger partial charge < -0.3 is 5.11 Å². The van der Waals surface area contributed by atoms with Crippen LogP contribution in [0.25, 0.3) is 0 Å². The summed E-state index contributed by atoms with van der Waals surface area (Å²) in [5, 5.41) is 18.0. The van der Waals surface area contributed by atoms with Crippen LogP contribution < -0.4 is 0 Å². The van der Waals surface area contributed by atoms with Crippen molar-refractivity contribution in [1.29, 1.82) is 5.26 Å². The van der Waals surface area contributed by atoms with Gasteiger partial charge in [0.1, 0.15) is 0 Å². The second-order valence-corrected chi connectivity index (χ2v) is 7.40. The molecule has 0 saturated heterocycles. The number of nitriles is 1. The molecule has 0 saturated carbocycles. The molecule has 0 radical (unpaired) electrons. The SMILES string of the molecule is Cc1cc(C#N)ccc1S(=O)(=O)N(CCCO)Cc1ccccc1. The Labute approximate surface area is 142 Å². The fourth-order valence-electron chi connectivity index (χ4n) is 2.47. The second kappa shape index (κ2) is 8.06. The maximum absolute atomic E-state index is 13.0. The standard InChI is InChI=1S/C18H20N2O3S/c1-15-12-17(13-19)8-9-18(15)24(22,23)20(10-5-11-21)14-16-6-3-2-4-7-16/h2-4,6-9,12,21H,5,10-11,14H2,1H3. The highest BCUT2D eigenvalue weighted by Gasteiger charge is 2.26. The summed E-state index contributed by atoms with van der Waals surface area (Å²) in [7, 11) is -3.71. The van der Waals surface area contributed by atoms with Gasteiger partial charge in [0.05, 0.1) is 16.5 Å². The van der Waals surface area contributed by atoms with Gasteiger partial charge in [0.15, 0.2) is 0 Å². The van der Waals surface area contributed by atoms with E-state index in [1.807, 2.05) is 36.4 Å².